The molecular formula is C21H28N6O2. The number of benzene rings is 1. The Hall–Kier alpha value is -3.03. The summed E-state index contributed by atoms with van der Waals surface area (Å²) in [4.78, 5) is 19.9. The monoisotopic (exact) mass is 396 g/mol. The maximum atomic E-state index is 13.4. The second kappa shape index (κ2) is 8.14. The molecule has 0 bridgehead atoms. The van der Waals surface area contributed by atoms with Crippen LogP contribution in [0.1, 0.15) is 68.5 Å². The molecule has 1 amide bonds. The number of amides is 1. The highest BCUT2D eigenvalue weighted by Gasteiger charge is 2.35. The van der Waals surface area contributed by atoms with E-state index in [9.17, 15) is 4.79 Å². The molecule has 1 fully saturated rings. The third-order valence-corrected chi connectivity index (χ3v) is 5.22. The standard InChI is InChI=1S/C21H28N6O2/c1-14-11-12-15(18-24-20(25-29-18)21(2,3)4)13-26(14)19(28)16-9-7-8-10-17(16)27(22-5)23-6/h7-10,14-15H,5-6,11-13H2,1-4H3/t14-,15?/m1/s1. The molecule has 0 N–H and O–H groups in total. The van der Waals surface area contributed by atoms with Crippen LogP contribution in [-0.4, -0.2) is 47.0 Å². The van der Waals surface area contributed by atoms with Crippen molar-refractivity contribution in [1.29, 1.82) is 0 Å². The van der Waals surface area contributed by atoms with Gasteiger partial charge in [0.15, 0.2) is 5.82 Å². The Kier molecular flexibility index (Phi) is 5.81. The van der Waals surface area contributed by atoms with E-state index in [1.54, 1.807) is 12.1 Å². The first kappa shape index (κ1) is 20.7. The molecule has 1 aromatic carbocycles. The molecule has 3 rings (SSSR count). The Morgan fingerprint density at radius 1 is 1.24 bits per heavy atom. The summed E-state index contributed by atoms with van der Waals surface area (Å²) in [6.07, 6.45) is 1.75. The van der Waals surface area contributed by atoms with Crippen molar-refractivity contribution in [2.75, 3.05) is 11.7 Å². The topological polar surface area (TPSA) is 87.2 Å². The average Bonchev–Trinajstić information content (AvgIpc) is 3.20. The van der Waals surface area contributed by atoms with Crippen LogP contribution >= 0.6 is 0 Å². The summed E-state index contributed by atoms with van der Waals surface area (Å²) in [6.45, 7) is 15.7. The lowest BCUT2D eigenvalue weighted by Gasteiger charge is -2.37. The molecular weight excluding hydrogens is 368 g/mol. The van der Waals surface area contributed by atoms with Crippen molar-refractivity contribution >= 4 is 25.0 Å². The van der Waals surface area contributed by atoms with E-state index >= 15 is 0 Å². The molecule has 1 aliphatic rings. The van der Waals surface area contributed by atoms with Gasteiger partial charge in [0, 0.05) is 31.4 Å². The van der Waals surface area contributed by atoms with Crippen LogP contribution in [0.5, 0.6) is 0 Å². The summed E-state index contributed by atoms with van der Waals surface area (Å²) >= 11 is 0. The summed E-state index contributed by atoms with van der Waals surface area (Å²) in [6, 6.07) is 7.28. The van der Waals surface area contributed by atoms with E-state index in [1.165, 1.54) is 5.12 Å². The zero-order valence-corrected chi connectivity index (χ0v) is 17.5. The number of carbonyl (C=O) groups excluding carboxylic acids is 1. The molecule has 154 valence electrons. The molecule has 2 atom stereocenters. The molecule has 1 saturated heterocycles. The van der Waals surface area contributed by atoms with Gasteiger partial charge in [-0.25, -0.2) is 0 Å². The zero-order chi connectivity index (χ0) is 21.2. The molecule has 29 heavy (non-hydrogen) atoms. The van der Waals surface area contributed by atoms with Crippen molar-refractivity contribution in [3.8, 4) is 0 Å². The Labute approximate surface area is 171 Å². The van der Waals surface area contributed by atoms with Crippen LogP contribution in [-0.2, 0) is 5.41 Å². The highest BCUT2D eigenvalue weighted by Crippen LogP contribution is 2.33. The molecule has 0 spiro atoms. The van der Waals surface area contributed by atoms with Gasteiger partial charge in [-0.05, 0) is 31.9 Å². The van der Waals surface area contributed by atoms with Gasteiger partial charge in [-0.15, -0.1) is 0 Å². The number of nitrogens with zero attached hydrogens (tertiary/aromatic N) is 6. The summed E-state index contributed by atoms with van der Waals surface area (Å²) in [5.41, 5.74) is 0.863. The highest BCUT2D eigenvalue weighted by molar-refractivity contribution is 6.00. The number of hydrazone groups is 2. The number of para-hydroxylation sites is 1. The largest absolute Gasteiger partial charge is 0.339 e. The number of likely N-dealkylation sites (tertiary alicyclic amines) is 1. The van der Waals surface area contributed by atoms with Crippen LogP contribution in [0.15, 0.2) is 39.0 Å². The first-order chi connectivity index (χ1) is 13.8. The molecule has 1 aliphatic heterocycles. The summed E-state index contributed by atoms with van der Waals surface area (Å²) in [5, 5.41) is 13.0. The van der Waals surface area contributed by atoms with Gasteiger partial charge in [-0.2, -0.15) is 20.3 Å². The maximum absolute atomic E-state index is 13.4. The molecule has 8 heteroatoms. The molecule has 2 aromatic rings. The summed E-state index contributed by atoms with van der Waals surface area (Å²) in [7, 11) is 0. The van der Waals surface area contributed by atoms with E-state index in [4.69, 9.17) is 4.52 Å². The maximum Gasteiger partial charge on any atom is 0.256 e. The van der Waals surface area contributed by atoms with Crippen molar-refractivity contribution in [2.24, 2.45) is 10.2 Å². The number of hydrogen-bond acceptors (Lipinski definition) is 7. The fourth-order valence-electron chi connectivity index (χ4n) is 3.48. The summed E-state index contributed by atoms with van der Waals surface area (Å²) < 4.78 is 5.54. The predicted molar refractivity (Wildman–Crippen MR) is 113 cm³/mol. The quantitative estimate of drug-likeness (QED) is 0.566. The normalized spacial score (nSPS) is 19.7. The Morgan fingerprint density at radius 3 is 2.55 bits per heavy atom. The Bertz CT molecular complexity index is 893. The van der Waals surface area contributed by atoms with Crippen molar-refractivity contribution in [3.63, 3.8) is 0 Å². The smallest absolute Gasteiger partial charge is 0.256 e. The number of piperidine rings is 1. The third-order valence-electron chi connectivity index (χ3n) is 5.22. The SMILES string of the molecule is C=NN(N=C)c1ccccc1C(=O)N1CC(c2nc(C(C)(C)C)no2)CC[C@H]1C. The van der Waals surface area contributed by atoms with Gasteiger partial charge in [0.25, 0.3) is 5.91 Å². The van der Waals surface area contributed by atoms with E-state index in [0.29, 0.717) is 29.5 Å². The van der Waals surface area contributed by atoms with E-state index < -0.39 is 0 Å². The number of hydrogen-bond donors (Lipinski definition) is 0. The van der Waals surface area contributed by atoms with E-state index in [0.717, 1.165) is 12.8 Å². The lowest BCUT2D eigenvalue weighted by Crippen LogP contribution is -2.45. The molecule has 0 radical (unpaired) electrons. The number of anilines is 1. The number of carbonyl (C=O) groups is 1. The van der Waals surface area contributed by atoms with Crippen molar-refractivity contribution < 1.29 is 9.32 Å². The average molecular weight is 396 g/mol. The number of aromatic nitrogens is 2. The molecule has 2 heterocycles. The number of rotatable bonds is 5. The molecule has 1 aromatic heterocycles. The molecule has 1 unspecified atom stereocenters. The first-order valence-electron chi connectivity index (χ1n) is 9.73. The lowest BCUT2D eigenvalue weighted by molar-refractivity contribution is 0.0594. The Morgan fingerprint density at radius 2 is 1.93 bits per heavy atom. The van der Waals surface area contributed by atoms with Gasteiger partial charge in [-0.1, -0.05) is 38.1 Å². The van der Waals surface area contributed by atoms with Gasteiger partial charge in [0.05, 0.1) is 17.2 Å². The minimum Gasteiger partial charge on any atom is -0.339 e. The lowest BCUT2D eigenvalue weighted by atomic mass is 9.92. The second-order valence-electron chi connectivity index (χ2n) is 8.38. The van der Waals surface area contributed by atoms with Crippen molar-refractivity contribution in [1.82, 2.24) is 15.0 Å². The van der Waals surface area contributed by atoms with E-state index in [-0.39, 0.29) is 23.3 Å². The molecule has 8 nitrogen and oxygen atoms in total. The fraction of sp³-hybridized carbons (Fsp3) is 0.476. The van der Waals surface area contributed by atoms with Crippen LogP contribution in [0.3, 0.4) is 0 Å². The fourth-order valence-corrected chi connectivity index (χ4v) is 3.48. The van der Waals surface area contributed by atoms with Gasteiger partial charge in [0.2, 0.25) is 5.89 Å². The first-order valence-corrected chi connectivity index (χ1v) is 9.73. The Balaban J connectivity index is 1.87. The molecule has 0 aliphatic carbocycles. The van der Waals surface area contributed by atoms with Crippen LogP contribution in [0.2, 0.25) is 0 Å². The minimum atomic E-state index is -0.184. The van der Waals surface area contributed by atoms with Crippen LogP contribution < -0.4 is 5.12 Å². The van der Waals surface area contributed by atoms with Crippen LogP contribution in [0, 0.1) is 0 Å². The van der Waals surface area contributed by atoms with Gasteiger partial charge >= 0.3 is 0 Å². The third kappa shape index (κ3) is 4.21. The second-order valence-corrected chi connectivity index (χ2v) is 8.38. The van der Waals surface area contributed by atoms with Crippen molar-refractivity contribution in [2.45, 2.75) is 57.9 Å². The zero-order valence-electron chi connectivity index (χ0n) is 17.5. The minimum absolute atomic E-state index is 0.0112. The molecule has 0 saturated carbocycles. The van der Waals surface area contributed by atoms with E-state index in [1.807, 2.05) is 37.8 Å². The highest BCUT2D eigenvalue weighted by atomic mass is 16.5. The van der Waals surface area contributed by atoms with Crippen LogP contribution in [0.4, 0.5) is 5.69 Å². The van der Waals surface area contributed by atoms with Crippen LogP contribution in [0.25, 0.3) is 0 Å². The predicted octanol–water partition coefficient (Wildman–Crippen LogP) is 3.81. The van der Waals surface area contributed by atoms with E-state index in [2.05, 4.69) is 40.7 Å². The summed E-state index contributed by atoms with van der Waals surface area (Å²) in [5.74, 6) is 1.19. The van der Waals surface area contributed by atoms with Gasteiger partial charge in [-0.3, -0.25) is 4.79 Å². The van der Waals surface area contributed by atoms with Crippen molar-refractivity contribution in [3.05, 3.63) is 41.5 Å². The van der Waals surface area contributed by atoms with Gasteiger partial charge < -0.3 is 9.42 Å². The van der Waals surface area contributed by atoms with Gasteiger partial charge in [0.1, 0.15) is 0 Å².